The molecule has 0 saturated carbocycles. The first-order chi connectivity index (χ1) is 11.5. The normalized spacial score (nSPS) is 17.9. The van der Waals surface area contributed by atoms with Gasteiger partial charge in [-0.3, -0.25) is 0 Å². The summed E-state index contributed by atoms with van der Waals surface area (Å²) in [6.45, 7) is 1.45. The first-order valence-corrected chi connectivity index (χ1v) is 10.1. The molecule has 7 heteroatoms. The lowest BCUT2D eigenvalue weighted by Crippen LogP contribution is -2.36. The number of benzene rings is 1. The van der Waals surface area contributed by atoms with Crippen molar-refractivity contribution in [3.8, 4) is 0 Å². The van der Waals surface area contributed by atoms with Crippen molar-refractivity contribution in [2.75, 3.05) is 19.3 Å². The Morgan fingerprint density at radius 2 is 2.17 bits per heavy atom. The zero-order chi connectivity index (χ0) is 17.2. The smallest absolute Gasteiger partial charge is 0.214 e. The summed E-state index contributed by atoms with van der Waals surface area (Å²) in [4.78, 5) is 4.34. The average Bonchev–Trinajstić information content (AvgIpc) is 3.02. The Labute approximate surface area is 148 Å². The second-order valence-electron chi connectivity index (χ2n) is 6.33. The van der Waals surface area contributed by atoms with Crippen LogP contribution in [-0.2, 0) is 29.4 Å². The van der Waals surface area contributed by atoms with Gasteiger partial charge in [-0.15, -0.1) is 0 Å². The lowest BCUT2D eigenvalue weighted by molar-refractivity contribution is 0.316. The number of rotatable bonds is 6. The van der Waals surface area contributed by atoms with E-state index in [0.717, 1.165) is 30.8 Å². The van der Waals surface area contributed by atoms with Crippen LogP contribution in [0.15, 0.2) is 36.7 Å². The molecular weight excluding hydrogens is 346 g/mol. The number of halogens is 1. The van der Waals surface area contributed by atoms with Gasteiger partial charge in [0.2, 0.25) is 10.0 Å². The van der Waals surface area contributed by atoms with Crippen LogP contribution >= 0.6 is 11.6 Å². The van der Waals surface area contributed by atoms with E-state index in [1.54, 1.807) is 13.1 Å². The number of hydrogen-bond acceptors (Lipinski definition) is 3. The molecule has 0 fully saturated rings. The second-order valence-corrected chi connectivity index (χ2v) is 8.94. The molecule has 24 heavy (non-hydrogen) atoms. The van der Waals surface area contributed by atoms with E-state index in [1.165, 1.54) is 4.31 Å². The van der Waals surface area contributed by atoms with Gasteiger partial charge in [0.05, 0.1) is 5.75 Å². The van der Waals surface area contributed by atoms with E-state index in [9.17, 15) is 8.42 Å². The summed E-state index contributed by atoms with van der Waals surface area (Å²) in [6.07, 6.45) is 6.03. The van der Waals surface area contributed by atoms with E-state index >= 15 is 0 Å². The molecule has 1 aliphatic rings. The third kappa shape index (κ3) is 3.99. The summed E-state index contributed by atoms with van der Waals surface area (Å²) in [5.74, 6) is 1.45. The Hall–Kier alpha value is -1.37. The largest absolute Gasteiger partial charge is 0.335 e. The van der Waals surface area contributed by atoms with Gasteiger partial charge in [-0.05, 0) is 30.4 Å². The van der Waals surface area contributed by atoms with Gasteiger partial charge in [0, 0.05) is 44.0 Å². The predicted molar refractivity (Wildman–Crippen MR) is 95.6 cm³/mol. The van der Waals surface area contributed by atoms with E-state index in [-0.39, 0.29) is 5.75 Å². The second kappa shape index (κ2) is 7.25. The number of aromatic nitrogens is 2. The highest BCUT2D eigenvalue weighted by Crippen LogP contribution is 2.21. The van der Waals surface area contributed by atoms with Crippen LogP contribution in [0.2, 0.25) is 5.02 Å². The van der Waals surface area contributed by atoms with Crippen LogP contribution in [-0.4, -0.2) is 41.6 Å². The highest BCUT2D eigenvalue weighted by atomic mass is 35.5. The van der Waals surface area contributed by atoms with E-state index in [0.29, 0.717) is 23.9 Å². The molecule has 1 aromatic heterocycles. The molecule has 0 N–H and O–H groups in total. The number of imidazole rings is 1. The van der Waals surface area contributed by atoms with Gasteiger partial charge in [0.1, 0.15) is 5.82 Å². The van der Waals surface area contributed by atoms with Gasteiger partial charge < -0.3 is 4.57 Å². The average molecular weight is 368 g/mol. The van der Waals surface area contributed by atoms with Gasteiger partial charge in [0.25, 0.3) is 0 Å². The number of aryl methyl sites for hydroxylation is 2. The lowest BCUT2D eigenvalue weighted by Gasteiger charge is -2.27. The van der Waals surface area contributed by atoms with Gasteiger partial charge in [-0.2, -0.15) is 0 Å². The van der Waals surface area contributed by atoms with Crippen molar-refractivity contribution in [3.05, 3.63) is 53.1 Å². The fraction of sp³-hybridized carbons (Fsp3) is 0.471. The van der Waals surface area contributed by atoms with Gasteiger partial charge >= 0.3 is 0 Å². The maximum absolute atomic E-state index is 12.5. The number of hydrogen-bond donors (Lipinski definition) is 0. The quantitative estimate of drug-likeness (QED) is 0.788. The standard InChI is InChI=1S/C17H22ClN3O2S/c1-20(13-14-6-9-21-10-8-19-17(21)12-14)24(22,23)11-7-15-4-2-3-5-16(15)18/h2-5,8,10,14H,6-7,9,11-13H2,1H3. The minimum Gasteiger partial charge on any atom is -0.335 e. The van der Waals surface area contributed by atoms with Crippen LogP contribution < -0.4 is 0 Å². The highest BCUT2D eigenvalue weighted by Gasteiger charge is 2.25. The Balaban J connectivity index is 1.58. The Kier molecular flexibility index (Phi) is 5.27. The van der Waals surface area contributed by atoms with Crippen molar-refractivity contribution in [3.63, 3.8) is 0 Å². The Morgan fingerprint density at radius 1 is 1.38 bits per heavy atom. The van der Waals surface area contributed by atoms with Crippen LogP contribution in [0.1, 0.15) is 17.8 Å². The molecule has 5 nitrogen and oxygen atoms in total. The first-order valence-electron chi connectivity index (χ1n) is 8.13. The van der Waals surface area contributed by atoms with Crippen LogP contribution in [0.3, 0.4) is 0 Å². The molecule has 130 valence electrons. The van der Waals surface area contributed by atoms with Crippen LogP contribution in [0.5, 0.6) is 0 Å². The number of nitrogens with zero attached hydrogens (tertiary/aromatic N) is 3. The number of fused-ring (bicyclic) bond motifs is 1. The minimum atomic E-state index is -3.29. The minimum absolute atomic E-state index is 0.0780. The summed E-state index contributed by atoms with van der Waals surface area (Å²) in [7, 11) is -1.62. The van der Waals surface area contributed by atoms with Crippen molar-refractivity contribution in [2.24, 2.45) is 5.92 Å². The van der Waals surface area contributed by atoms with Crippen molar-refractivity contribution in [2.45, 2.75) is 25.8 Å². The SMILES string of the molecule is CN(CC1CCn2ccnc2C1)S(=O)(=O)CCc1ccccc1Cl. The van der Waals surface area contributed by atoms with Crippen LogP contribution in [0, 0.1) is 5.92 Å². The van der Waals surface area contributed by atoms with Crippen LogP contribution in [0.4, 0.5) is 0 Å². The summed E-state index contributed by atoms with van der Waals surface area (Å²) in [5.41, 5.74) is 0.871. The molecule has 0 amide bonds. The molecule has 0 spiro atoms. The molecule has 1 aliphatic heterocycles. The van der Waals surface area contributed by atoms with E-state index in [1.807, 2.05) is 30.6 Å². The fourth-order valence-electron chi connectivity index (χ4n) is 3.14. The molecule has 1 atom stereocenters. The van der Waals surface area contributed by atoms with Crippen molar-refractivity contribution in [1.29, 1.82) is 0 Å². The summed E-state index contributed by atoms with van der Waals surface area (Å²) in [6, 6.07) is 7.39. The summed E-state index contributed by atoms with van der Waals surface area (Å²) < 4.78 is 28.7. The molecule has 1 aromatic carbocycles. The predicted octanol–water partition coefficient (Wildman–Crippen LogP) is 2.60. The van der Waals surface area contributed by atoms with E-state index < -0.39 is 10.0 Å². The van der Waals surface area contributed by atoms with Crippen molar-refractivity contribution < 1.29 is 8.42 Å². The van der Waals surface area contributed by atoms with Gasteiger partial charge in [-0.1, -0.05) is 29.8 Å². The monoisotopic (exact) mass is 367 g/mol. The first kappa shape index (κ1) is 17.5. The van der Waals surface area contributed by atoms with E-state index in [4.69, 9.17) is 11.6 Å². The zero-order valence-electron chi connectivity index (χ0n) is 13.7. The Morgan fingerprint density at radius 3 is 2.96 bits per heavy atom. The molecule has 1 unspecified atom stereocenters. The van der Waals surface area contributed by atoms with E-state index in [2.05, 4.69) is 9.55 Å². The fourth-order valence-corrected chi connectivity index (χ4v) is 4.60. The van der Waals surface area contributed by atoms with Crippen molar-refractivity contribution >= 4 is 21.6 Å². The topological polar surface area (TPSA) is 55.2 Å². The molecule has 0 saturated heterocycles. The molecular formula is C17H22ClN3O2S. The highest BCUT2D eigenvalue weighted by molar-refractivity contribution is 7.89. The number of sulfonamides is 1. The van der Waals surface area contributed by atoms with Crippen LogP contribution in [0.25, 0.3) is 0 Å². The lowest BCUT2D eigenvalue weighted by atomic mass is 9.98. The molecule has 0 bridgehead atoms. The summed E-state index contributed by atoms with van der Waals surface area (Å²) >= 11 is 6.11. The van der Waals surface area contributed by atoms with Gasteiger partial charge in [-0.25, -0.2) is 17.7 Å². The molecule has 2 aromatic rings. The third-order valence-corrected chi connectivity index (χ3v) is 6.82. The third-order valence-electron chi connectivity index (χ3n) is 4.63. The molecule has 2 heterocycles. The maximum atomic E-state index is 12.5. The summed E-state index contributed by atoms with van der Waals surface area (Å²) in [5, 5.41) is 0.620. The molecule has 0 aliphatic carbocycles. The maximum Gasteiger partial charge on any atom is 0.214 e. The molecule has 3 rings (SSSR count). The zero-order valence-corrected chi connectivity index (χ0v) is 15.3. The molecule has 0 radical (unpaired) electrons. The van der Waals surface area contributed by atoms with Crippen molar-refractivity contribution in [1.82, 2.24) is 13.9 Å². The Bertz CT molecular complexity index is 804. The van der Waals surface area contributed by atoms with Gasteiger partial charge in [0.15, 0.2) is 0 Å².